The number of hydrogen-bond donors (Lipinski definition) is 1. The molecule has 0 aromatic carbocycles. The van der Waals surface area contributed by atoms with E-state index in [4.69, 9.17) is 5.26 Å². The summed E-state index contributed by atoms with van der Waals surface area (Å²) in [6.07, 6.45) is 1.22. The molecule has 94 valence electrons. The number of rotatable bonds is 2. The zero-order chi connectivity index (χ0) is 13.8. The molecule has 0 unspecified atom stereocenters. The van der Waals surface area contributed by atoms with Crippen molar-refractivity contribution in [1.29, 1.82) is 5.26 Å². The molecular weight excluding hydrogens is 254 g/mol. The van der Waals surface area contributed by atoms with Crippen molar-refractivity contribution in [2.75, 3.05) is 5.32 Å². The largest absolute Gasteiger partial charge is 0.317 e. The van der Waals surface area contributed by atoms with Gasteiger partial charge < -0.3 is 5.32 Å². The molecule has 1 amide bonds. The van der Waals surface area contributed by atoms with Crippen LogP contribution in [0.15, 0.2) is 30.5 Å². The van der Waals surface area contributed by atoms with Crippen molar-refractivity contribution >= 4 is 11.6 Å². The van der Waals surface area contributed by atoms with Crippen molar-refractivity contribution in [3.63, 3.8) is 0 Å². The van der Waals surface area contributed by atoms with E-state index < -0.39 is 17.8 Å². The van der Waals surface area contributed by atoms with E-state index in [0.717, 1.165) is 12.1 Å². The SMILES string of the molecule is N#Cc1ccc(C(=O)Nc2ccc(F)nc2F)nc1. The van der Waals surface area contributed by atoms with Crippen molar-refractivity contribution in [2.45, 2.75) is 0 Å². The van der Waals surface area contributed by atoms with Crippen LogP contribution in [0.1, 0.15) is 16.1 Å². The van der Waals surface area contributed by atoms with Crippen LogP contribution in [-0.4, -0.2) is 15.9 Å². The first-order chi connectivity index (χ1) is 9.10. The number of hydrogen-bond acceptors (Lipinski definition) is 4. The Balaban J connectivity index is 2.18. The quantitative estimate of drug-likeness (QED) is 0.836. The van der Waals surface area contributed by atoms with Crippen molar-refractivity contribution in [1.82, 2.24) is 9.97 Å². The lowest BCUT2D eigenvalue weighted by molar-refractivity contribution is 0.102. The normalized spacial score (nSPS) is 9.74. The highest BCUT2D eigenvalue weighted by Gasteiger charge is 2.12. The second-order valence-electron chi connectivity index (χ2n) is 3.47. The van der Waals surface area contributed by atoms with Crippen LogP contribution in [0.3, 0.4) is 0 Å². The Morgan fingerprint density at radius 3 is 2.63 bits per heavy atom. The molecule has 7 heteroatoms. The minimum atomic E-state index is -1.12. The van der Waals surface area contributed by atoms with Gasteiger partial charge in [-0.1, -0.05) is 0 Å². The Kier molecular flexibility index (Phi) is 3.43. The van der Waals surface area contributed by atoms with E-state index in [0.29, 0.717) is 5.56 Å². The standard InChI is InChI=1S/C12H6F2N4O/c13-10-4-3-8(11(14)18-10)17-12(19)9-2-1-7(5-15)6-16-9/h1-4,6H,(H,17,19). The number of nitrogens with zero attached hydrogens (tertiary/aromatic N) is 3. The number of nitriles is 1. The molecule has 2 rings (SSSR count). The lowest BCUT2D eigenvalue weighted by Gasteiger charge is -2.05. The zero-order valence-corrected chi connectivity index (χ0v) is 9.39. The lowest BCUT2D eigenvalue weighted by atomic mass is 10.2. The molecule has 19 heavy (non-hydrogen) atoms. The smallest absolute Gasteiger partial charge is 0.274 e. The number of halogens is 2. The predicted molar refractivity (Wildman–Crippen MR) is 61.1 cm³/mol. The van der Waals surface area contributed by atoms with E-state index >= 15 is 0 Å². The summed E-state index contributed by atoms with van der Waals surface area (Å²) >= 11 is 0. The first-order valence-corrected chi connectivity index (χ1v) is 5.09. The maximum absolute atomic E-state index is 13.2. The van der Waals surface area contributed by atoms with Crippen molar-refractivity contribution in [3.8, 4) is 6.07 Å². The van der Waals surface area contributed by atoms with Gasteiger partial charge in [-0.05, 0) is 24.3 Å². The number of anilines is 1. The van der Waals surface area contributed by atoms with Gasteiger partial charge in [0, 0.05) is 6.20 Å². The Hall–Kier alpha value is -2.88. The first kappa shape index (κ1) is 12.6. The van der Waals surface area contributed by atoms with Crippen LogP contribution in [0.5, 0.6) is 0 Å². The van der Waals surface area contributed by atoms with Gasteiger partial charge in [0.1, 0.15) is 11.8 Å². The Morgan fingerprint density at radius 1 is 1.26 bits per heavy atom. The van der Waals surface area contributed by atoms with E-state index in [1.165, 1.54) is 18.3 Å². The molecule has 5 nitrogen and oxygen atoms in total. The maximum atomic E-state index is 13.2. The number of aromatic nitrogens is 2. The molecule has 0 aliphatic carbocycles. The molecule has 0 radical (unpaired) electrons. The van der Waals surface area contributed by atoms with Gasteiger partial charge in [-0.15, -0.1) is 0 Å². The third kappa shape index (κ3) is 2.87. The molecule has 0 fully saturated rings. The molecule has 2 heterocycles. The van der Waals surface area contributed by atoms with Crippen molar-refractivity contribution in [3.05, 3.63) is 53.6 Å². The average molecular weight is 260 g/mol. The fourth-order valence-corrected chi connectivity index (χ4v) is 1.29. The number of carbonyl (C=O) groups excluding carboxylic acids is 1. The average Bonchev–Trinajstić information content (AvgIpc) is 2.42. The number of pyridine rings is 2. The van der Waals surface area contributed by atoms with Crippen LogP contribution in [0.25, 0.3) is 0 Å². The maximum Gasteiger partial charge on any atom is 0.274 e. The third-order valence-corrected chi connectivity index (χ3v) is 2.19. The molecule has 0 spiro atoms. The predicted octanol–water partition coefficient (Wildman–Crippen LogP) is 1.88. The number of nitrogens with one attached hydrogen (secondary N) is 1. The molecular formula is C12H6F2N4O. The summed E-state index contributed by atoms with van der Waals surface area (Å²) in [6, 6.07) is 6.55. The van der Waals surface area contributed by atoms with Gasteiger partial charge in [0.2, 0.25) is 11.9 Å². The van der Waals surface area contributed by atoms with Gasteiger partial charge in [-0.25, -0.2) is 4.98 Å². The first-order valence-electron chi connectivity index (χ1n) is 5.09. The van der Waals surface area contributed by atoms with Crippen LogP contribution in [0.4, 0.5) is 14.5 Å². The Bertz CT molecular complexity index is 664. The van der Waals surface area contributed by atoms with E-state index in [1.807, 2.05) is 6.07 Å². The van der Waals surface area contributed by atoms with Gasteiger partial charge in [0.05, 0.1) is 11.3 Å². The molecule has 2 aromatic rings. The monoisotopic (exact) mass is 260 g/mol. The fourth-order valence-electron chi connectivity index (χ4n) is 1.29. The van der Waals surface area contributed by atoms with Crippen LogP contribution in [0, 0.1) is 23.2 Å². The van der Waals surface area contributed by atoms with Gasteiger partial charge in [-0.3, -0.25) is 4.79 Å². The fraction of sp³-hybridized carbons (Fsp3) is 0. The molecule has 0 atom stereocenters. The molecule has 0 saturated heterocycles. The molecule has 1 N–H and O–H groups in total. The topological polar surface area (TPSA) is 78.7 Å². The van der Waals surface area contributed by atoms with Gasteiger partial charge in [0.25, 0.3) is 5.91 Å². The van der Waals surface area contributed by atoms with Gasteiger partial charge in [-0.2, -0.15) is 19.0 Å². The summed E-state index contributed by atoms with van der Waals surface area (Å²) < 4.78 is 25.8. The summed E-state index contributed by atoms with van der Waals surface area (Å²) in [5.41, 5.74) is 0.0477. The van der Waals surface area contributed by atoms with Crippen LogP contribution < -0.4 is 5.32 Å². The zero-order valence-electron chi connectivity index (χ0n) is 9.39. The third-order valence-electron chi connectivity index (χ3n) is 2.19. The van der Waals surface area contributed by atoms with Crippen LogP contribution in [0.2, 0.25) is 0 Å². The Labute approximate surface area is 106 Å². The van der Waals surface area contributed by atoms with E-state index in [1.54, 1.807) is 0 Å². The summed E-state index contributed by atoms with van der Waals surface area (Å²) in [5, 5.41) is 10.8. The summed E-state index contributed by atoms with van der Waals surface area (Å²) in [7, 11) is 0. The van der Waals surface area contributed by atoms with E-state index in [-0.39, 0.29) is 11.4 Å². The molecule has 0 bridgehead atoms. The molecule has 2 aromatic heterocycles. The number of carbonyl (C=O) groups is 1. The molecule has 0 aliphatic rings. The highest BCUT2D eigenvalue weighted by atomic mass is 19.1. The minimum Gasteiger partial charge on any atom is -0.317 e. The number of amides is 1. The Morgan fingerprint density at radius 2 is 2.05 bits per heavy atom. The van der Waals surface area contributed by atoms with Gasteiger partial charge >= 0.3 is 0 Å². The highest BCUT2D eigenvalue weighted by molar-refractivity contribution is 6.02. The second-order valence-corrected chi connectivity index (χ2v) is 3.47. The summed E-state index contributed by atoms with van der Waals surface area (Å²) in [5.74, 6) is -2.79. The van der Waals surface area contributed by atoms with Crippen molar-refractivity contribution < 1.29 is 13.6 Å². The summed E-state index contributed by atoms with van der Waals surface area (Å²) in [4.78, 5) is 18.4. The minimum absolute atomic E-state index is 0.00252. The second kappa shape index (κ2) is 5.18. The van der Waals surface area contributed by atoms with Crippen LogP contribution in [-0.2, 0) is 0 Å². The summed E-state index contributed by atoms with van der Waals surface area (Å²) in [6.45, 7) is 0. The molecule has 0 saturated carbocycles. The van der Waals surface area contributed by atoms with E-state index in [2.05, 4.69) is 15.3 Å². The lowest BCUT2D eigenvalue weighted by Crippen LogP contribution is -2.15. The van der Waals surface area contributed by atoms with Crippen molar-refractivity contribution in [2.24, 2.45) is 0 Å². The van der Waals surface area contributed by atoms with Gasteiger partial charge in [0.15, 0.2) is 0 Å². The highest BCUT2D eigenvalue weighted by Crippen LogP contribution is 2.12. The molecule has 0 aliphatic heterocycles. The van der Waals surface area contributed by atoms with E-state index in [9.17, 15) is 13.6 Å². The van der Waals surface area contributed by atoms with Crippen LogP contribution >= 0.6 is 0 Å².